The Morgan fingerprint density at radius 2 is 2.05 bits per heavy atom. The summed E-state index contributed by atoms with van der Waals surface area (Å²) in [4.78, 5) is 7.47. The minimum Gasteiger partial charge on any atom is -0.351 e. The Labute approximate surface area is 130 Å². The van der Waals surface area contributed by atoms with Crippen molar-refractivity contribution in [2.24, 2.45) is 0 Å². The molecule has 1 N–H and O–H groups in total. The van der Waals surface area contributed by atoms with Crippen molar-refractivity contribution < 1.29 is 0 Å². The normalized spacial score (nSPS) is 22.0. The minimum atomic E-state index is 0.617. The third-order valence-electron chi connectivity index (χ3n) is 4.56. The van der Waals surface area contributed by atoms with Gasteiger partial charge < -0.3 is 10.2 Å². The van der Waals surface area contributed by atoms with Crippen LogP contribution in [0.4, 0.5) is 5.82 Å². The van der Waals surface area contributed by atoms with Gasteiger partial charge in [-0.2, -0.15) is 0 Å². The van der Waals surface area contributed by atoms with Gasteiger partial charge in [0.2, 0.25) is 0 Å². The zero-order chi connectivity index (χ0) is 15.2. The molecule has 21 heavy (non-hydrogen) atoms. The van der Waals surface area contributed by atoms with E-state index in [1.807, 2.05) is 0 Å². The molecule has 0 saturated carbocycles. The van der Waals surface area contributed by atoms with Crippen LogP contribution in [0, 0.1) is 0 Å². The first kappa shape index (κ1) is 16.3. The Balaban J connectivity index is 2.23. The third kappa shape index (κ3) is 3.97. The first-order valence-corrected chi connectivity index (χ1v) is 8.68. The van der Waals surface area contributed by atoms with E-state index < -0.39 is 0 Å². The van der Waals surface area contributed by atoms with Gasteiger partial charge in [-0.05, 0) is 63.3 Å². The quantitative estimate of drug-likeness (QED) is 0.771. The van der Waals surface area contributed by atoms with Crippen LogP contribution in [0.3, 0.4) is 0 Å². The summed E-state index contributed by atoms with van der Waals surface area (Å²) in [7, 11) is 0. The lowest BCUT2D eigenvalue weighted by molar-refractivity contribution is 0.618. The number of nitrogens with zero attached hydrogens (tertiary/aromatic N) is 2. The Morgan fingerprint density at radius 1 is 1.24 bits per heavy atom. The van der Waals surface area contributed by atoms with Crippen molar-refractivity contribution in [3.63, 3.8) is 0 Å². The maximum absolute atomic E-state index is 4.91. The van der Waals surface area contributed by atoms with Crippen molar-refractivity contribution in [1.29, 1.82) is 0 Å². The van der Waals surface area contributed by atoms with Crippen LogP contribution in [0.1, 0.15) is 64.6 Å². The molecule has 1 aromatic heterocycles. The molecule has 1 aromatic rings. The van der Waals surface area contributed by atoms with Gasteiger partial charge in [0.15, 0.2) is 0 Å². The van der Waals surface area contributed by atoms with E-state index in [0.29, 0.717) is 12.1 Å². The fourth-order valence-electron chi connectivity index (χ4n) is 3.34. The summed E-state index contributed by atoms with van der Waals surface area (Å²) in [5, 5.41) is 3.51. The molecule has 0 aliphatic carbocycles. The second-order valence-corrected chi connectivity index (χ2v) is 6.25. The van der Waals surface area contributed by atoms with E-state index in [1.54, 1.807) is 0 Å². The summed E-state index contributed by atoms with van der Waals surface area (Å²) in [5.74, 6) is 1.19. The second kappa shape index (κ2) is 7.79. The highest BCUT2D eigenvalue weighted by Gasteiger charge is 2.30. The molecule has 0 aromatic carbocycles. The summed E-state index contributed by atoms with van der Waals surface area (Å²) >= 11 is 0. The lowest BCUT2D eigenvalue weighted by Gasteiger charge is -2.30. The number of aryl methyl sites for hydroxylation is 1. The maximum Gasteiger partial charge on any atom is 0.129 e. The van der Waals surface area contributed by atoms with Crippen molar-refractivity contribution in [2.75, 3.05) is 11.4 Å². The molecular weight excluding hydrogens is 258 g/mol. The minimum absolute atomic E-state index is 0.617. The molecule has 2 atom stereocenters. The molecule has 1 saturated heterocycles. The topological polar surface area (TPSA) is 28.2 Å². The molecule has 118 valence electrons. The average Bonchev–Trinajstić information content (AvgIpc) is 2.88. The van der Waals surface area contributed by atoms with Gasteiger partial charge in [-0.15, -0.1) is 0 Å². The van der Waals surface area contributed by atoms with E-state index in [9.17, 15) is 0 Å². The molecule has 0 bridgehead atoms. The second-order valence-electron chi connectivity index (χ2n) is 6.25. The number of pyridine rings is 1. The van der Waals surface area contributed by atoms with E-state index in [2.05, 4.69) is 50.0 Å². The van der Waals surface area contributed by atoms with E-state index >= 15 is 0 Å². The fourth-order valence-corrected chi connectivity index (χ4v) is 3.34. The highest BCUT2D eigenvalue weighted by molar-refractivity contribution is 5.46. The molecule has 0 amide bonds. The predicted molar refractivity (Wildman–Crippen MR) is 90.9 cm³/mol. The van der Waals surface area contributed by atoms with Crippen LogP contribution >= 0.6 is 0 Å². The molecule has 0 spiro atoms. The summed E-state index contributed by atoms with van der Waals surface area (Å²) in [5.41, 5.74) is 2.59. The Morgan fingerprint density at radius 3 is 2.71 bits per heavy atom. The summed E-state index contributed by atoms with van der Waals surface area (Å²) in [6, 6.07) is 5.84. The number of nitrogens with one attached hydrogen (secondary N) is 1. The summed E-state index contributed by atoms with van der Waals surface area (Å²) in [6.07, 6.45) is 6.00. The number of rotatable bonds is 7. The molecular formula is C18H31N3. The lowest BCUT2D eigenvalue weighted by Crippen LogP contribution is -2.35. The molecule has 3 heteroatoms. The van der Waals surface area contributed by atoms with Gasteiger partial charge in [-0.3, -0.25) is 0 Å². The lowest BCUT2D eigenvalue weighted by atomic mass is 10.1. The maximum atomic E-state index is 4.91. The van der Waals surface area contributed by atoms with Crippen LogP contribution in [0.15, 0.2) is 12.1 Å². The van der Waals surface area contributed by atoms with E-state index in [-0.39, 0.29) is 0 Å². The Bertz CT molecular complexity index is 444. The SMILES string of the molecule is CCCNCc1cc(CC)nc(N2C(C)CCC2CC)c1. The molecule has 3 nitrogen and oxygen atoms in total. The molecule has 2 rings (SSSR count). The van der Waals surface area contributed by atoms with Gasteiger partial charge >= 0.3 is 0 Å². The van der Waals surface area contributed by atoms with Gasteiger partial charge in [0.05, 0.1) is 0 Å². The fraction of sp³-hybridized carbons (Fsp3) is 0.722. The largest absolute Gasteiger partial charge is 0.351 e. The van der Waals surface area contributed by atoms with Gasteiger partial charge in [-0.25, -0.2) is 4.98 Å². The highest BCUT2D eigenvalue weighted by Crippen LogP contribution is 2.31. The average molecular weight is 289 g/mol. The van der Waals surface area contributed by atoms with E-state index in [1.165, 1.54) is 42.8 Å². The summed E-state index contributed by atoms with van der Waals surface area (Å²) < 4.78 is 0. The van der Waals surface area contributed by atoms with Crippen molar-refractivity contribution in [1.82, 2.24) is 10.3 Å². The number of aromatic nitrogens is 1. The predicted octanol–water partition coefficient (Wildman–Crippen LogP) is 3.91. The molecule has 2 unspecified atom stereocenters. The monoisotopic (exact) mass is 289 g/mol. The van der Waals surface area contributed by atoms with Gasteiger partial charge in [0, 0.05) is 24.3 Å². The zero-order valence-corrected chi connectivity index (χ0v) is 14.2. The zero-order valence-electron chi connectivity index (χ0n) is 14.2. The van der Waals surface area contributed by atoms with Crippen molar-refractivity contribution in [2.45, 2.75) is 78.4 Å². The molecule has 1 fully saturated rings. The molecule has 0 radical (unpaired) electrons. The van der Waals surface area contributed by atoms with Gasteiger partial charge in [-0.1, -0.05) is 20.8 Å². The Hall–Kier alpha value is -1.09. The third-order valence-corrected chi connectivity index (χ3v) is 4.56. The number of anilines is 1. The van der Waals surface area contributed by atoms with Gasteiger partial charge in [0.25, 0.3) is 0 Å². The first-order chi connectivity index (χ1) is 10.2. The van der Waals surface area contributed by atoms with E-state index in [4.69, 9.17) is 4.98 Å². The summed E-state index contributed by atoms with van der Waals surface area (Å²) in [6.45, 7) is 11.1. The highest BCUT2D eigenvalue weighted by atomic mass is 15.3. The smallest absolute Gasteiger partial charge is 0.129 e. The van der Waals surface area contributed by atoms with Crippen LogP contribution in [-0.2, 0) is 13.0 Å². The van der Waals surface area contributed by atoms with Crippen molar-refractivity contribution in [3.05, 3.63) is 23.4 Å². The first-order valence-electron chi connectivity index (χ1n) is 8.68. The van der Waals surface area contributed by atoms with Crippen LogP contribution in [0.2, 0.25) is 0 Å². The standard InChI is InChI=1S/C18H31N3/c1-5-10-19-13-15-11-16(6-2)20-18(12-15)21-14(4)8-9-17(21)7-3/h11-12,14,17,19H,5-10,13H2,1-4H3. The Kier molecular flexibility index (Phi) is 6.04. The van der Waals surface area contributed by atoms with Crippen molar-refractivity contribution >= 4 is 5.82 Å². The van der Waals surface area contributed by atoms with Crippen LogP contribution < -0.4 is 10.2 Å². The van der Waals surface area contributed by atoms with Crippen LogP contribution in [-0.4, -0.2) is 23.6 Å². The molecule has 1 aliphatic rings. The van der Waals surface area contributed by atoms with Gasteiger partial charge in [0.1, 0.15) is 5.82 Å². The van der Waals surface area contributed by atoms with Crippen LogP contribution in [0.5, 0.6) is 0 Å². The number of hydrogen-bond acceptors (Lipinski definition) is 3. The molecule has 2 heterocycles. The van der Waals surface area contributed by atoms with Crippen molar-refractivity contribution in [3.8, 4) is 0 Å². The van der Waals surface area contributed by atoms with Crippen LogP contribution in [0.25, 0.3) is 0 Å². The van der Waals surface area contributed by atoms with E-state index in [0.717, 1.165) is 19.5 Å². The molecule has 1 aliphatic heterocycles. The number of hydrogen-bond donors (Lipinski definition) is 1.